The monoisotopic (exact) mass is 456 g/mol. The number of Topliss-reactive ketones (excluding diaryl/α,β-unsaturated/α-hetero) is 1. The molecular formula is C29H32N2O3. The highest BCUT2D eigenvalue weighted by Crippen LogP contribution is 2.45. The molecule has 0 fully saturated rings. The normalized spacial score (nSPS) is 17.8. The average Bonchev–Trinajstić information content (AvgIpc) is 2.78. The van der Waals surface area contributed by atoms with Gasteiger partial charge in [-0.2, -0.15) is 0 Å². The molecule has 0 atom stereocenters. The van der Waals surface area contributed by atoms with Crippen molar-refractivity contribution < 1.29 is 9.72 Å². The van der Waals surface area contributed by atoms with E-state index in [-0.39, 0.29) is 5.70 Å². The number of nitrogens with zero attached hydrogens (tertiary/aromatic N) is 2. The Balaban J connectivity index is 2.07. The molecule has 0 aromatic heterocycles. The number of allylic oxidation sites excluding steroid dienone is 5. The highest BCUT2D eigenvalue weighted by atomic mass is 16.6. The topological polar surface area (TPSA) is 63.5 Å². The van der Waals surface area contributed by atoms with Crippen LogP contribution in [0.5, 0.6) is 0 Å². The minimum absolute atomic E-state index is 0.296. The van der Waals surface area contributed by atoms with Crippen LogP contribution >= 0.6 is 0 Å². The first kappa shape index (κ1) is 23.7. The van der Waals surface area contributed by atoms with Gasteiger partial charge in [-0.15, -0.1) is 0 Å². The molecule has 5 heteroatoms. The van der Waals surface area contributed by atoms with Crippen molar-refractivity contribution in [2.24, 2.45) is 5.41 Å². The Morgan fingerprint density at radius 3 is 2.18 bits per heavy atom. The fourth-order valence-corrected chi connectivity index (χ4v) is 4.93. The summed E-state index contributed by atoms with van der Waals surface area (Å²) in [7, 11) is 0. The number of hydrogen-bond donors (Lipinski definition) is 0. The number of hydrogen-bond acceptors (Lipinski definition) is 4. The van der Waals surface area contributed by atoms with E-state index in [4.69, 9.17) is 0 Å². The van der Waals surface area contributed by atoms with Crippen LogP contribution in [0.2, 0.25) is 0 Å². The molecule has 0 radical (unpaired) electrons. The molecular weight excluding hydrogens is 424 g/mol. The van der Waals surface area contributed by atoms with Crippen molar-refractivity contribution in [3.63, 3.8) is 0 Å². The van der Waals surface area contributed by atoms with E-state index < -0.39 is 16.1 Å². The van der Waals surface area contributed by atoms with E-state index in [2.05, 4.69) is 36.9 Å². The Hall–Kier alpha value is -3.47. The molecule has 0 saturated carbocycles. The minimum atomic E-state index is -0.851. The molecule has 4 rings (SSSR count). The van der Waals surface area contributed by atoms with E-state index >= 15 is 0 Å². The molecule has 0 spiro atoms. The molecule has 1 aliphatic carbocycles. The van der Waals surface area contributed by atoms with E-state index in [1.54, 1.807) is 20.8 Å². The minimum Gasteiger partial charge on any atom is -0.313 e. The van der Waals surface area contributed by atoms with Gasteiger partial charge in [0, 0.05) is 16.8 Å². The third-order valence-electron chi connectivity index (χ3n) is 6.42. The summed E-state index contributed by atoms with van der Waals surface area (Å²) in [4.78, 5) is 27.4. The SMILES string of the molecule is Cc1cc(C)cc(N2C(c3ccccc3)=CC(=C(C(=O)C(C)(C)C)[N+](=O)[O-])C3=C2CCCC3)c1. The third-order valence-corrected chi connectivity index (χ3v) is 6.42. The van der Waals surface area contributed by atoms with Crippen LogP contribution in [0.25, 0.3) is 5.70 Å². The van der Waals surface area contributed by atoms with Crippen LogP contribution in [0.4, 0.5) is 5.69 Å². The lowest BCUT2D eigenvalue weighted by atomic mass is 9.81. The van der Waals surface area contributed by atoms with Crippen LogP contribution in [0, 0.1) is 29.4 Å². The van der Waals surface area contributed by atoms with Crippen molar-refractivity contribution >= 4 is 17.2 Å². The molecule has 2 aliphatic rings. The molecule has 1 aliphatic heterocycles. The lowest BCUT2D eigenvalue weighted by Gasteiger charge is -2.38. The molecule has 34 heavy (non-hydrogen) atoms. The molecule has 0 bridgehead atoms. The number of benzene rings is 2. The maximum Gasteiger partial charge on any atom is 0.320 e. The molecule has 1 heterocycles. The second-order valence-electron chi connectivity index (χ2n) is 10.3. The van der Waals surface area contributed by atoms with Crippen molar-refractivity contribution in [2.75, 3.05) is 4.90 Å². The molecule has 0 N–H and O–H groups in total. The molecule has 2 aromatic rings. The smallest absolute Gasteiger partial charge is 0.313 e. The zero-order chi connectivity index (χ0) is 24.6. The summed E-state index contributed by atoms with van der Waals surface area (Å²) in [6.07, 6.45) is 5.37. The van der Waals surface area contributed by atoms with E-state index in [0.29, 0.717) is 5.57 Å². The Morgan fingerprint density at radius 2 is 1.59 bits per heavy atom. The Labute approximate surface area is 201 Å². The van der Waals surface area contributed by atoms with Crippen LogP contribution in [0.1, 0.15) is 63.1 Å². The zero-order valence-electron chi connectivity index (χ0n) is 20.6. The first-order valence-corrected chi connectivity index (χ1v) is 11.9. The van der Waals surface area contributed by atoms with Crippen molar-refractivity contribution in [1.82, 2.24) is 0 Å². The summed E-state index contributed by atoms with van der Waals surface area (Å²) in [5.74, 6) is -0.437. The van der Waals surface area contributed by atoms with Gasteiger partial charge in [0.1, 0.15) is 0 Å². The highest BCUT2D eigenvalue weighted by Gasteiger charge is 2.40. The van der Waals surface area contributed by atoms with E-state index in [1.807, 2.05) is 36.4 Å². The second-order valence-corrected chi connectivity index (χ2v) is 10.3. The van der Waals surface area contributed by atoms with Gasteiger partial charge in [-0.05, 0) is 80.0 Å². The maximum absolute atomic E-state index is 13.3. The fourth-order valence-electron chi connectivity index (χ4n) is 4.93. The van der Waals surface area contributed by atoms with E-state index in [1.165, 1.54) is 0 Å². The van der Waals surface area contributed by atoms with Gasteiger partial charge in [0.05, 0.1) is 16.2 Å². The van der Waals surface area contributed by atoms with E-state index in [9.17, 15) is 14.9 Å². The van der Waals surface area contributed by atoms with Gasteiger partial charge in [0.15, 0.2) is 0 Å². The molecule has 2 aromatic carbocycles. The van der Waals surface area contributed by atoms with Gasteiger partial charge >= 0.3 is 5.70 Å². The largest absolute Gasteiger partial charge is 0.320 e. The van der Waals surface area contributed by atoms with Crippen LogP contribution in [0.3, 0.4) is 0 Å². The zero-order valence-corrected chi connectivity index (χ0v) is 20.6. The molecule has 0 saturated heterocycles. The third kappa shape index (κ3) is 4.47. The van der Waals surface area contributed by atoms with Crippen LogP contribution < -0.4 is 4.90 Å². The van der Waals surface area contributed by atoms with Gasteiger partial charge < -0.3 is 4.90 Å². The highest BCUT2D eigenvalue weighted by molar-refractivity contribution is 6.00. The fraction of sp³-hybridized carbons (Fsp3) is 0.345. The molecule has 0 unspecified atom stereocenters. The Morgan fingerprint density at radius 1 is 0.971 bits per heavy atom. The van der Waals surface area contributed by atoms with Gasteiger partial charge in [0.25, 0.3) is 0 Å². The first-order chi connectivity index (χ1) is 16.1. The molecule has 0 amide bonds. The van der Waals surface area contributed by atoms with Crippen molar-refractivity contribution in [1.29, 1.82) is 0 Å². The predicted octanol–water partition coefficient (Wildman–Crippen LogP) is 7.14. The van der Waals surface area contributed by atoms with Gasteiger partial charge in [-0.1, -0.05) is 57.2 Å². The standard InChI is InChI=1S/C29H32N2O3/c1-19-15-20(2)17-22(16-19)30-25-14-10-9-13-23(25)24(18-26(30)21-11-7-6-8-12-21)27(31(33)34)28(32)29(3,4)5/h6-8,11-12,15-18H,9-10,13-14H2,1-5H3. The Kier molecular flexibility index (Phi) is 6.30. The van der Waals surface area contributed by atoms with Crippen LogP contribution in [-0.2, 0) is 4.79 Å². The first-order valence-electron chi connectivity index (χ1n) is 11.9. The lowest BCUT2D eigenvalue weighted by Crippen LogP contribution is -2.31. The summed E-state index contributed by atoms with van der Waals surface area (Å²) in [5, 5.41) is 12.3. The lowest BCUT2D eigenvalue weighted by molar-refractivity contribution is -0.420. The summed E-state index contributed by atoms with van der Waals surface area (Å²) in [5.41, 5.74) is 6.51. The van der Waals surface area contributed by atoms with Gasteiger partial charge in [-0.25, -0.2) is 0 Å². The number of ketones is 1. The van der Waals surface area contributed by atoms with Crippen molar-refractivity contribution in [2.45, 2.75) is 60.3 Å². The predicted molar refractivity (Wildman–Crippen MR) is 137 cm³/mol. The number of anilines is 1. The van der Waals surface area contributed by atoms with Gasteiger partial charge in [0.2, 0.25) is 5.78 Å². The van der Waals surface area contributed by atoms with Crippen molar-refractivity contribution in [3.8, 4) is 0 Å². The summed E-state index contributed by atoms with van der Waals surface area (Å²) < 4.78 is 0. The quantitative estimate of drug-likeness (QED) is 0.279. The molecule has 5 nitrogen and oxygen atoms in total. The summed E-state index contributed by atoms with van der Waals surface area (Å²) in [6.45, 7) is 9.38. The Bertz CT molecular complexity index is 1220. The van der Waals surface area contributed by atoms with Gasteiger partial charge in [-0.3, -0.25) is 14.9 Å². The average molecular weight is 457 g/mol. The number of rotatable bonds is 4. The molecule has 176 valence electrons. The van der Waals surface area contributed by atoms with Crippen LogP contribution in [0.15, 0.2) is 77.1 Å². The second kappa shape index (κ2) is 9.05. The van der Waals surface area contributed by atoms with E-state index in [0.717, 1.165) is 65.0 Å². The number of carbonyl (C=O) groups excluding carboxylic acids is 1. The number of aryl methyl sites for hydroxylation is 2. The summed E-state index contributed by atoms with van der Waals surface area (Å²) in [6, 6.07) is 16.4. The maximum atomic E-state index is 13.3. The summed E-state index contributed by atoms with van der Waals surface area (Å²) >= 11 is 0. The van der Waals surface area contributed by atoms with Crippen LogP contribution in [-0.4, -0.2) is 10.7 Å². The number of carbonyl (C=O) groups is 1. The number of nitro groups is 1. The van der Waals surface area contributed by atoms with Crippen molar-refractivity contribution in [3.05, 3.63) is 104 Å².